The molecule has 0 spiro atoms. The molecule has 1 rings (SSSR count). The number of aliphatic hydroxyl groups is 2. The molecule has 1 aliphatic rings. The van der Waals surface area contributed by atoms with Gasteiger partial charge in [0.25, 0.3) is 0 Å². The molecule has 0 amide bonds. The first-order valence-electron chi connectivity index (χ1n) is 4.21. The summed E-state index contributed by atoms with van der Waals surface area (Å²) >= 11 is 0. The molecular formula is C8H15NO4. The van der Waals surface area contributed by atoms with E-state index in [0.29, 0.717) is 6.42 Å². The van der Waals surface area contributed by atoms with Crippen LogP contribution in [0.1, 0.15) is 26.2 Å². The topological polar surface area (TPSA) is 104 Å². The highest BCUT2D eigenvalue weighted by Gasteiger charge is 2.48. The second-order valence-electron chi connectivity index (χ2n) is 4.06. The van der Waals surface area contributed by atoms with Gasteiger partial charge in [-0.05, 0) is 19.8 Å². The smallest absolute Gasteiger partial charge is 0.326 e. The molecule has 0 aromatic rings. The number of aliphatic hydroxyl groups excluding tert-OH is 1. The van der Waals surface area contributed by atoms with Gasteiger partial charge in [-0.1, -0.05) is 0 Å². The molecule has 0 radical (unpaired) electrons. The minimum atomic E-state index is -1.59. The zero-order chi connectivity index (χ0) is 10.3. The predicted molar refractivity (Wildman–Crippen MR) is 45.0 cm³/mol. The summed E-state index contributed by atoms with van der Waals surface area (Å²) in [7, 11) is 0. The lowest BCUT2D eigenvalue weighted by atomic mass is 9.73. The van der Waals surface area contributed by atoms with Gasteiger partial charge in [-0.3, -0.25) is 4.79 Å². The van der Waals surface area contributed by atoms with Gasteiger partial charge >= 0.3 is 5.97 Å². The number of carbonyl (C=O) groups is 1. The van der Waals surface area contributed by atoms with E-state index in [0.717, 1.165) is 0 Å². The van der Waals surface area contributed by atoms with Gasteiger partial charge in [0, 0.05) is 6.42 Å². The van der Waals surface area contributed by atoms with Gasteiger partial charge in [-0.25, -0.2) is 0 Å². The molecule has 5 N–H and O–H groups in total. The van der Waals surface area contributed by atoms with E-state index in [4.69, 9.17) is 10.8 Å². The van der Waals surface area contributed by atoms with E-state index >= 15 is 0 Å². The summed E-state index contributed by atoms with van der Waals surface area (Å²) in [6, 6.07) is 0. The number of carboxylic acid groups (broad SMARTS) is 1. The van der Waals surface area contributed by atoms with E-state index in [1.807, 2.05) is 0 Å². The van der Waals surface area contributed by atoms with E-state index in [2.05, 4.69) is 0 Å². The minimum Gasteiger partial charge on any atom is -0.480 e. The minimum absolute atomic E-state index is 0.00972. The molecule has 0 unspecified atom stereocenters. The Morgan fingerprint density at radius 2 is 2.08 bits per heavy atom. The third-order valence-electron chi connectivity index (χ3n) is 2.70. The Balaban J connectivity index is 2.79. The molecule has 13 heavy (non-hydrogen) atoms. The van der Waals surface area contributed by atoms with Crippen molar-refractivity contribution in [1.29, 1.82) is 0 Å². The van der Waals surface area contributed by atoms with Crippen LogP contribution in [-0.4, -0.2) is 38.5 Å². The van der Waals surface area contributed by atoms with Crippen LogP contribution in [0, 0.1) is 0 Å². The molecule has 1 saturated carbocycles. The van der Waals surface area contributed by atoms with Gasteiger partial charge in [0.1, 0.15) is 5.54 Å². The van der Waals surface area contributed by atoms with Crippen LogP contribution in [0.15, 0.2) is 0 Å². The lowest BCUT2D eigenvalue weighted by Crippen LogP contribution is -2.62. The molecule has 0 saturated heterocycles. The van der Waals surface area contributed by atoms with Crippen LogP contribution >= 0.6 is 0 Å². The predicted octanol–water partition coefficient (Wildman–Crippen LogP) is -0.936. The number of nitrogens with two attached hydrogens (primary N) is 1. The van der Waals surface area contributed by atoms with Crippen molar-refractivity contribution in [2.24, 2.45) is 5.73 Å². The van der Waals surface area contributed by atoms with E-state index in [1.165, 1.54) is 0 Å². The Hall–Kier alpha value is -0.650. The van der Waals surface area contributed by atoms with Crippen LogP contribution in [0.5, 0.6) is 0 Å². The van der Waals surface area contributed by atoms with Gasteiger partial charge in [-0.2, -0.15) is 0 Å². The summed E-state index contributed by atoms with van der Waals surface area (Å²) in [5.74, 6) is -1.21. The fraction of sp³-hybridized carbons (Fsp3) is 0.875. The average Bonchev–Trinajstić information content (AvgIpc) is 1.96. The summed E-state index contributed by atoms with van der Waals surface area (Å²) < 4.78 is 0. The average molecular weight is 189 g/mol. The molecule has 1 fully saturated rings. The summed E-state index contributed by atoms with van der Waals surface area (Å²) in [4.78, 5) is 10.7. The van der Waals surface area contributed by atoms with Crippen molar-refractivity contribution in [3.8, 4) is 0 Å². The number of hydrogen-bond donors (Lipinski definition) is 4. The summed E-state index contributed by atoms with van der Waals surface area (Å²) in [5, 5.41) is 27.8. The third-order valence-corrected chi connectivity index (χ3v) is 2.70. The molecule has 76 valence electrons. The third kappa shape index (κ3) is 1.82. The van der Waals surface area contributed by atoms with E-state index in [-0.39, 0.29) is 12.8 Å². The molecule has 0 aromatic heterocycles. The van der Waals surface area contributed by atoms with Crippen molar-refractivity contribution in [3.63, 3.8) is 0 Å². The highest BCUT2D eigenvalue weighted by atomic mass is 16.4. The van der Waals surface area contributed by atoms with E-state index in [9.17, 15) is 15.0 Å². The van der Waals surface area contributed by atoms with E-state index < -0.39 is 23.2 Å². The first-order valence-corrected chi connectivity index (χ1v) is 4.21. The standard InChI is InChI=1S/C8H15NO4/c1-7(13)2-3-8(9,6(11)12)5(10)4-7/h5,10,13H,2-4,9H2,1H3,(H,11,12)/t5-,7+,8+/m1/s1. The second kappa shape index (κ2) is 2.94. The van der Waals surface area contributed by atoms with Crippen LogP contribution in [0.3, 0.4) is 0 Å². The Labute approximate surface area is 76.2 Å². The monoisotopic (exact) mass is 189 g/mol. The number of rotatable bonds is 1. The fourth-order valence-electron chi connectivity index (χ4n) is 1.59. The zero-order valence-electron chi connectivity index (χ0n) is 7.53. The lowest BCUT2D eigenvalue weighted by Gasteiger charge is -2.41. The van der Waals surface area contributed by atoms with Crippen LogP contribution in [0.2, 0.25) is 0 Å². The molecule has 5 heteroatoms. The molecule has 0 aromatic carbocycles. The van der Waals surface area contributed by atoms with Crippen LogP contribution in [-0.2, 0) is 4.79 Å². The Bertz CT molecular complexity index is 228. The molecule has 0 bridgehead atoms. The Morgan fingerprint density at radius 1 is 1.54 bits per heavy atom. The maximum Gasteiger partial charge on any atom is 0.326 e. The lowest BCUT2D eigenvalue weighted by molar-refractivity contribution is -0.155. The fourth-order valence-corrected chi connectivity index (χ4v) is 1.59. The summed E-state index contributed by atoms with van der Waals surface area (Å²) in [6.07, 6.45) is -0.784. The molecular weight excluding hydrogens is 174 g/mol. The van der Waals surface area contributed by atoms with Gasteiger partial charge in [0.05, 0.1) is 11.7 Å². The SMILES string of the molecule is C[C@]1(O)CC[C@@](N)(C(=O)O)[C@H](O)C1. The van der Waals surface area contributed by atoms with Gasteiger partial charge in [-0.15, -0.1) is 0 Å². The van der Waals surface area contributed by atoms with Crippen LogP contribution in [0.25, 0.3) is 0 Å². The van der Waals surface area contributed by atoms with Crippen molar-refractivity contribution >= 4 is 5.97 Å². The highest BCUT2D eigenvalue weighted by Crippen LogP contribution is 2.33. The quantitative estimate of drug-likeness (QED) is 0.426. The van der Waals surface area contributed by atoms with Crippen molar-refractivity contribution < 1.29 is 20.1 Å². The molecule has 0 heterocycles. The summed E-state index contributed by atoms with van der Waals surface area (Å²) in [6.45, 7) is 1.57. The highest BCUT2D eigenvalue weighted by molar-refractivity contribution is 5.79. The van der Waals surface area contributed by atoms with Crippen LogP contribution < -0.4 is 5.73 Å². The maximum atomic E-state index is 10.7. The summed E-state index contributed by atoms with van der Waals surface area (Å²) in [5.41, 5.74) is 2.91. The largest absolute Gasteiger partial charge is 0.480 e. The number of hydrogen-bond acceptors (Lipinski definition) is 4. The Morgan fingerprint density at radius 3 is 2.46 bits per heavy atom. The van der Waals surface area contributed by atoms with Gasteiger partial charge in [0.15, 0.2) is 0 Å². The molecule has 0 aliphatic heterocycles. The normalized spacial score (nSPS) is 46.0. The van der Waals surface area contributed by atoms with Gasteiger partial charge < -0.3 is 21.1 Å². The molecule has 5 nitrogen and oxygen atoms in total. The molecule has 1 aliphatic carbocycles. The first kappa shape index (κ1) is 10.4. The second-order valence-corrected chi connectivity index (χ2v) is 4.06. The maximum absolute atomic E-state index is 10.7. The number of carboxylic acids is 1. The number of aliphatic carboxylic acids is 1. The van der Waals surface area contributed by atoms with Crippen LogP contribution in [0.4, 0.5) is 0 Å². The Kier molecular flexibility index (Phi) is 2.36. The van der Waals surface area contributed by atoms with E-state index in [1.54, 1.807) is 6.92 Å². The van der Waals surface area contributed by atoms with Crippen molar-refractivity contribution in [1.82, 2.24) is 0 Å². The van der Waals surface area contributed by atoms with Crippen molar-refractivity contribution in [3.05, 3.63) is 0 Å². The zero-order valence-corrected chi connectivity index (χ0v) is 7.53. The first-order chi connectivity index (χ1) is 5.78. The molecule has 3 atom stereocenters. The van der Waals surface area contributed by atoms with Gasteiger partial charge in [0.2, 0.25) is 0 Å². The van der Waals surface area contributed by atoms with Crippen molar-refractivity contribution in [2.45, 2.75) is 43.4 Å². The van der Waals surface area contributed by atoms with Crippen molar-refractivity contribution in [2.75, 3.05) is 0 Å².